The Balaban J connectivity index is 2.81. The molecule has 0 bridgehead atoms. The predicted octanol–water partition coefficient (Wildman–Crippen LogP) is 3.26. The van der Waals surface area contributed by atoms with Gasteiger partial charge in [0.25, 0.3) is 0 Å². The Morgan fingerprint density at radius 2 is 1.81 bits per heavy atom. The van der Waals surface area contributed by atoms with Gasteiger partial charge < -0.3 is 10.0 Å². The fourth-order valence-electron chi connectivity index (χ4n) is 2.13. The van der Waals surface area contributed by atoms with E-state index in [1.54, 1.807) is 4.90 Å². The number of carbonyl (C=O) groups is 2. The van der Waals surface area contributed by atoms with Crippen LogP contribution in [0, 0.1) is 5.82 Å². The summed E-state index contributed by atoms with van der Waals surface area (Å²) in [6, 6.07) is 3.70. The lowest BCUT2D eigenvalue weighted by molar-refractivity contribution is -0.131. The number of carboxylic acid groups (broad SMARTS) is 1. The first kappa shape index (κ1) is 17.5. The van der Waals surface area contributed by atoms with Gasteiger partial charge in [0.05, 0.1) is 11.3 Å². The van der Waals surface area contributed by atoms with E-state index in [4.69, 9.17) is 5.11 Å². The molecular weight excluding hydrogens is 293 g/mol. The van der Waals surface area contributed by atoms with Gasteiger partial charge in [-0.05, 0) is 45.9 Å². The van der Waals surface area contributed by atoms with E-state index in [9.17, 15) is 14.0 Å². The van der Waals surface area contributed by atoms with Crippen LogP contribution in [0.25, 0.3) is 0 Å². The number of hydrogen-bond donors (Lipinski definition) is 1. The van der Waals surface area contributed by atoms with Gasteiger partial charge in [-0.25, -0.2) is 9.18 Å². The van der Waals surface area contributed by atoms with E-state index in [2.05, 4.69) is 0 Å². The molecule has 116 valence electrons. The summed E-state index contributed by atoms with van der Waals surface area (Å²) in [5, 5.41) is 8.90. The van der Waals surface area contributed by atoms with E-state index < -0.39 is 11.8 Å². The zero-order chi connectivity index (χ0) is 16.2. The van der Waals surface area contributed by atoms with Crippen molar-refractivity contribution in [2.45, 2.75) is 44.7 Å². The third-order valence-corrected chi connectivity index (χ3v) is 3.95. The fourth-order valence-corrected chi connectivity index (χ4v) is 2.98. The summed E-state index contributed by atoms with van der Waals surface area (Å²) in [6.07, 6.45) is 0. The van der Waals surface area contributed by atoms with Crippen molar-refractivity contribution in [2.75, 3.05) is 5.75 Å². The maximum absolute atomic E-state index is 13.7. The molecule has 1 rings (SSSR count). The molecule has 0 radical (unpaired) electrons. The molecule has 0 saturated heterocycles. The number of amides is 1. The fraction of sp³-hybridized carbons (Fsp3) is 0.467. The number of halogens is 1. The van der Waals surface area contributed by atoms with E-state index in [1.807, 2.05) is 27.7 Å². The van der Waals surface area contributed by atoms with Crippen LogP contribution in [0.1, 0.15) is 38.1 Å². The standard InChI is InChI=1S/C15H20FNO3S/c1-9(2)17(10(3)4)14(18)8-21-13-7-11(15(19)20)5-6-12(13)16/h5-7,9-10H,8H2,1-4H3,(H,19,20). The third-order valence-electron chi connectivity index (χ3n) is 2.93. The first-order valence-corrected chi connectivity index (χ1v) is 7.69. The molecule has 1 aromatic rings. The largest absolute Gasteiger partial charge is 0.478 e. The molecule has 0 fully saturated rings. The Morgan fingerprint density at radius 3 is 2.29 bits per heavy atom. The number of carbonyl (C=O) groups excluding carboxylic acids is 1. The highest BCUT2D eigenvalue weighted by Gasteiger charge is 2.20. The van der Waals surface area contributed by atoms with Crippen LogP contribution in [0.3, 0.4) is 0 Å². The molecule has 4 nitrogen and oxygen atoms in total. The summed E-state index contributed by atoms with van der Waals surface area (Å²) in [5.41, 5.74) is 0.0101. The Kier molecular flexibility index (Phi) is 6.20. The molecule has 0 saturated carbocycles. The average Bonchev–Trinajstić information content (AvgIpc) is 2.36. The molecule has 0 unspecified atom stereocenters. The van der Waals surface area contributed by atoms with Crippen molar-refractivity contribution in [1.29, 1.82) is 0 Å². The molecule has 21 heavy (non-hydrogen) atoms. The van der Waals surface area contributed by atoms with E-state index >= 15 is 0 Å². The molecule has 0 atom stereocenters. The van der Waals surface area contributed by atoms with Crippen molar-refractivity contribution in [3.63, 3.8) is 0 Å². The summed E-state index contributed by atoms with van der Waals surface area (Å²) in [7, 11) is 0. The number of aromatic carboxylic acids is 1. The number of carboxylic acids is 1. The van der Waals surface area contributed by atoms with Crippen LogP contribution in [-0.4, -0.2) is 39.7 Å². The van der Waals surface area contributed by atoms with Crippen molar-refractivity contribution in [3.8, 4) is 0 Å². The summed E-state index contributed by atoms with van der Waals surface area (Å²) in [6.45, 7) is 7.70. The van der Waals surface area contributed by atoms with E-state index in [1.165, 1.54) is 12.1 Å². The van der Waals surface area contributed by atoms with Crippen molar-refractivity contribution < 1.29 is 19.1 Å². The van der Waals surface area contributed by atoms with Gasteiger partial charge in [-0.2, -0.15) is 0 Å². The molecule has 0 heterocycles. The summed E-state index contributed by atoms with van der Waals surface area (Å²) < 4.78 is 13.7. The highest BCUT2D eigenvalue weighted by atomic mass is 32.2. The molecule has 1 amide bonds. The minimum atomic E-state index is -1.12. The number of rotatable bonds is 6. The van der Waals surface area contributed by atoms with Gasteiger partial charge in [-0.3, -0.25) is 4.79 Å². The Labute approximate surface area is 128 Å². The topological polar surface area (TPSA) is 57.6 Å². The zero-order valence-electron chi connectivity index (χ0n) is 12.6. The van der Waals surface area contributed by atoms with Gasteiger partial charge in [0, 0.05) is 17.0 Å². The lowest BCUT2D eigenvalue weighted by atomic mass is 10.2. The van der Waals surface area contributed by atoms with Gasteiger partial charge in [-0.1, -0.05) is 0 Å². The van der Waals surface area contributed by atoms with Crippen LogP contribution in [0.5, 0.6) is 0 Å². The highest BCUT2D eigenvalue weighted by Crippen LogP contribution is 2.24. The zero-order valence-corrected chi connectivity index (χ0v) is 13.4. The lowest BCUT2D eigenvalue weighted by Crippen LogP contribution is -2.43. The SMILES string of the molecule is CC(C)N(C(=O)CSc1cc(C(=O)O)ccc1F)C(C)C. The molecule has 0 aliphatic heterocycles. The van der Waals surface area contributed by atoms with E-state index in [0.29, 0.717) is 0 Å². The molecule has 1 N–H and O–H groups in total. The Bertz CT molecular complexity index is 524. The Hall–Kier alpha value is -1.56. The van der Waals surface area contributed by atoms with Crippen LogP contribution in [-0.2, 0) is 4.79 Å². The van der Waals surface area contributed by atoms with Gasteiger partial charge in [0.15, 0.2) is 0 Å². The minimum absolute atomic E-state index is 0.0101. The molecule has 1 aromatic carbocycles. The van der Waals surface area contributed by atoms with Gasteiger partial charge in [0.1, 0.15) is 5.82 Å². The molecule has 6 heteroatoms. The van der Waals surface area contributed by atoms with Crippen LogP contribution in [0.2, 0.25) is 0 Å². The van der Waals surface area contributed by atoms with Crippen LogP contribution < -0.4 is 0 Å². The molecule has 0 aliphatic carbocycles. The number of hydrogen-bond acceptors (Lipinski definition) is 3. The molecule has 0 aliphatic rings. The predicted molar refractivity (Wildman–Crippen MR) is 81.2 cm³/mol. The first-order valence-electron chi connectivity index (χ1n) is 6.70. The molecule has 0 aromatic heterocycles. The average molecular weight is 313 g/mol. The van der Waals surface area contributed by atoms with E-state index in [-0.39, 0.29) is 34.2 Å². The van der Waals surface area contributed by atoms with Gasteiger partial charge >= 0.3 is 5.97 Å². The monoisotopic (exact) mass is 313 g/mol. The van der Waals surface area contributed by atoms with Gasteiger partial charge in [0.2, 0.25) is 5.91 Å². The second kappa shape index (κ2) is 7.45. The normalized spacial score (nSPS) is 11.0. The summed E-state index contributed by atoms with van der Waals surface area (Å²) in [4.78, 5) is 25.0. The number of benzene rings is 1. The summed E-state index contributed by atoms with van der Waals surface area (Å²) in [5.74, 6) is -1.64. The smallest absolute Gasteiger partial charge is 0.335 e. The maximum Gasteiger partial charge on any atom is 0.335 e. The molecule has 0 spiro atoms. The van der Waals surface area contributed by atoms with Gasteiger partial charge in [-0.15, -0.1) is 11.8 Å². The second-order valence-electron chi connectivity index (χ2n) is 5.23. The van der Waals surface area contributed by atoms with Crippen molar-refractivity contribution in [1.82, 2.24) is 4.90 Å². The second-order valence-corrected chi connectivity index (χ2v) is 6.24. The van der Waals surface area contributed by atoms with Crippen LogP contribution in [0.4, 0.5) is 4.39 Å². The van der Waals surface area contributed by atoms with E-state index in [0.717, 1.165) is 17.8 Å². The minimum Gasteiger partial charge on any atom is -0.478 e. The Morgan fingerprint density at radius 1 is 1.24 bits per heavy atom. The van der Waals surface area contributed by atoms with Crippen molar-refractivity contribution in [3.05, 3.63) is 29.6 Å². The first-order chi connectivity index (χ1) is 9.73. The van der Waals surface area contributed by atoms with Crippen molar-refractivity contribution >= 4 is 23.6 Å². The number of thioether (sulfide) groups is 1. The lowest BCUT2D eigenvalue weighted by Gasteiger charge is -2.30. The quantitative estimate of drug-likeness (QED) is 0.819. The highest BCUT2D eigenvalue weighted by molar-refractivity contribution is 8.00. The maximum atomic E-state index is 13.7. The van der Waals surface area contributed by atoms with Crippen LogP contribution in [0.15, 0.2) is 23.1 Å². The third kappa shape index (κ3) is 4.74. The number of nitrogens with zero attached hydrogens (tertiary/aromatic N) is 1. The van der Waals surface area contributed by atoms with Crippen molar-refractivity contribution in [2.24, 2.45) is 0 Å². The van der Waals surface area contributed by atoms with Crippen LogP contribution >= 0.6 is 11.8 Å². The molecular formula is C15H20FNO3S. The summed E-state index contributed by atoms with van der Waals surface area (Å²) >= 11 is 1.02.